The van der Waals surface area contributed by atoms with Crippen LogP contribution in [0.3, 0.4) is 0 Å². The third-order valence-corrected chi connectivity index (χ3v) is 3.93. The van der Waals surface area contributed by atoms with Gasteiger partial charge in [0.2, 0.25) is 0 Å². The molecule has 1 aromatic heterocycles. The van der Waals surface area contributed by atoms with Crippen LogP contribution in [0.1, 0.15) is 24.6 Å². The molecular formula is C15H22N4O. The van der Waals surface area contributed by atoms with Crippen molar-refractivity contribution in [1.29, 1.82) is 5.26 Å². The van der Waals surface area contributed by atoms with E-state index in [0.717, 1.165) is 44.0 Å². The molecule has 0 saturated carbocycles. The van der Waals surface area contributed by atoms with E-state index in [1.165, 1.54) is 0 Å². The summed E-state index contributed by atoms with van der Waals surface area (Å²) in [6.45, 7) is 7.88. The van der Waals surface area contributed by atoms with E-state index in [2.05, 4.69) is 20.9 Å². The molecule has 0 spiro atoms. The van der Waals surface area contributed by atoms with Gasteiger partial charge in [0.25, 0.3) is 0 Å². The molecule has 2 rings (SSSR count). The van der Waals surface area contributed by atoms with Crippen molar-refractivity contribution in [1.82, 2.24) is 9.88 Å². The second kappa shape index (κ2) is 6.69. The zero-order chi connectivity index (χ0) is 14.5. The molecule has 1 aromatic rings. The number of pyridine rings is 1. The first kappa shape index (κ1) is 14.8. The van der Waals surface area contributed by atoms with Crippen LogP contribution in [0.25, 0.3) is 0 Å². The summed E-state index contributed by atoms with van der Waals surface area (Å²) in [5.74, 6) is 0.880. The van der Waals surface area contributed by atoms with Gasteiger partial charge in [-0.1, -0.05) is 6.07 Å². The predicted octanol–water partition coefficient (Wildman–Crippen LogP) is 1.15. The van der Waals surface area contributed by atoms with E-state index >= 15 is 0 Å². The van der Waals surface area contributed by atoms with Crippen LogP contribution in [0.5, 0.6) is 0 Å². The molecule has 0 aliphatic carbocycles. The predicted molar refractivity (Wildman–Crippen MR) is 78.6 cm³/mol. The van der Waals surface area contributed by atoms with Crippen LogP contribution in [0, 0.1) is 18.3 Å². The second-order valence-electron chi connectivity index (χ2n) is 5.35. The largest absolute Gasteiger partial charge is 0.395 e. The van der Waals surface area contributed by atoms with E-state index in [4.69, 9.17) is 5.26 Å². The van der Waals surface area contributed by atoms with E-state index in [0.29, 0.717) is 5.69 Å². The number of nitrogens with zero attached hydrogens (tertiary/aromatic N) is 4. The van der Waals surface area contributed by atoms with Crippen LogP contribution < -0.4 is 4.90 Å². The molecule has 1 unspecified atom stereocenters. The van der Waals surface area contributed by atoms with Crippen LogP contribution in [0.2, 0.25) is 0 Å². The van der Waals surface area contributed by atoms with Crippen LogP contribution >= 0.6 is 0 Å². The molecule has 1 aliphatic heterocycles. The number of aryl methyl sites for hydroxylation is 1. The number of rotatable bonds is 3. The highest BCUT2D eigenvalue weighted by Crippen LogP contribution is 2.17. The summed E-state index contributed by atoms with van der Waals surface area (Å²) < 4.78 is 0. The molecule has 108 valence electrons. The molecule has 1 saturated heterocycles. The lowest BCUT2D eigenvalue weighted by Crippen LogP contribution is -2.38. The topological polar surface area (TPSA) is 63.4 Å². The number of aliphatic hydroxyl groups excluding tert-OH is 1. The molecule has 1 aliphatic rings. The summed E-state index contributed by atoms with van der Waals surface area (Å²) in [4.78, 5) is 8.97. The van der Waals surface area contributed by atoms with E-state index in [9.17, 15) is 5.11 Å². The monoisotopic (exact) mass is 274 g/mol. The molecule has 20 heavy (non-hydrogen) atoms. The van der Waals surface area contributed by atoms with Crippen LogP contribution in [-0.4, -0.2) is 53.8 Å². The molecule has 1 fully saturated rings. The second-order valence-corrected chi connectivity index (χ2v) is 5.35. The van der Waals surface area contributed by atoms with Crippen molar-refractivity contribution >= 4 is 5.82 Å². The average Bonchev–Trinajstić information content (AvgIpc) is 2.73. The smallest absolute Gasteiger partial charge is 0.145 e. The fourth-order valence-electron chi connectivity index (χ4n) is 2.53. The summed E-state index contributed by atoms with van der Waals surface area (Å²) in [7, 11) is 0. The van der Waals surface area contributed by atoms with Crippen molar-refractivity contribution < 1.29 is 5.11 Å². The first-order chi connectivity index (χ1) is 9.65. The third kappa shape index (κ3) is 3.27. The standard InChI is InChI=1S/C15H22N4O/c1-12-4-5-15(17-14(12)10-16)19-7-3-6-18(8-9-19)13(2)11-20/h4-5,13,20H,3,6-9,11H2,1-2H3. The minimum Gasteiger partial charge on any atom is -0.395 e. The number of hydrogen-bond acceptors (Lipinski definition) is 5. The molecule has 0 radical (unpaired) electrons. The highest BCUT2D eigenvalue weighted by molar-refractivity contribution is 5.45. The highest BCUT2D eigenvalue weighted by atomic mass is 16.3. The maximum absolute atomic E-state index is 9.26. The van der Waals surface area contributed by atoms with Gasteiger partial charge in [-0.2, -0.15) is 5.26 Å². The number of aliphatic hydroxyl groups is 1. The Morgan fingerprint density at radius 3 is 2.85 bits per heavy atom. The minimum absolute atomic E-state index is 0.196. The van der Waals surface area contributed by atoms with Crippen molar-refractivity contribution in [2.45, 2.75) is 26.3 Å². The molecule has 5 nitrogen and oxygen atoms in total. The van der Waals surface area contributed by atoms with Gasteiger partial charge in [-0.05, 0) is 31.9 Å². The number of hydrogen-bond donors (Lipinski definition) is 1. The van der Waals surface area contributed by atoms with Crippen LogP contribution in [0.15, 0.2) is 12.1 Å². The van der Waals surface area contributed by atoms with Gasteiger partial charge in [0.1, 0.15) is 17.6 Å². The summed E-state index contributed by atoms with van der Waals surface area (Å²) in [6.07, 6.45) is 1.04. The molecular weight excluding hydrogens is 252 g/mol. The lowest BCUT2D eigenvalue weighted by molar-refractivity contribution is 0.141. The summed E-state index contributed by atoms with van der Waals surface area (Å²) >= 11 is 0. The summed E-state index contributed by atoms with van der Waals surface area (Å²) in [6, 6.07) is 6.30. The summed E-state index contributed by atoms with van der Waals surface area (Å²) in [5.41, 5.74) is 1.42. The first-order valence-electron chi connectivity index (χ1n) is 7.13. The van der Waals surface area contributed by atoms with Crippen LogP contribution in [-0.2, 0) is 0 Å². The van der Waals surface area contributed by atoms with Crippen molar-refractivity contribution in [2.75, 3.05) is 37.7 Å². The van der Waals surface area contributed by atoms with E-state index in [1.807, 2.05) is 26.0 Å². The molecule has 1 atom stereocenters. The maximum Gasteiger partial charge on any atom is 0.145 e. The number of anilines is 1. The Hall–Kier alpha value is -1.64. The molecule has 5 heteroatoms. The average molecular weight is 274 g/mol. The molecule has 0 aromatic carbocycles. The van der Waals surface area contributed by atoms with Crippen molar-refractivity contribution in [3.8, 4) is 6.07 Å². The quantitative estimate of drug-likeness (QED) is 0.896. The fourth-order valence-corrected chi connectivity index (χ4v) is 2.53. The van der Waals surface area contributed by atoms with E-state index in [-0.39, 0.29) is 12.6 Å². The minimum atomic E-state index is 0.196. The molecule has 1 N–H and O–H groups in total. The Balaban J connectivity index is 2.09. The van der Waals surface area contributed by atoms with Crippen molar-refractivity contribution in [3.63, 3.8) is 0 Å². The number of aromatic nitrogens is 1. The fraction of sp³-hybridized carbons (Fsp3) is 0.600. The molecule has 0 amide bonds. The van der Waals surface area contributed by atoms with Gasteiger partial charge in [0.05, 0.1) is 6.61 Å². The van der Waals surface area contributed by atoms with Gasteiger partial charge in [0, 0.05) is 32.2 Å². The first-order valence-corrected chi connectivity index (χ1v) is 7.13. The van der Waals surface area contributed by atoms with E-state index in [1.54, 1.807) is 0 Å². The Kier molecular flexibility index (Phi) is 4.94. The molecule has 2 heterocycles. The van der Waals surface area contributed by atoms with E-state index < -0.39 is 0 Å². The van der Waals surface area contributed by atoms with Gasteiger partial charge in [-0.25, -0.2) is 4.98 Å². The normalized spacial score (nSPS) is 18.4. The van der Waals surface area contributed by atoms with Gasteiger partial charge in [-0.15, -0.1) is 0 Å². The van der Waals surface area contributed by atoms with Gasteiger partial charge >= 0.3 is 0 Å². The zero-order valence-corrected chi connectivity index (χ0v) is 12.2. The Morgan fingerprint density at radius 2 is 2.15 bits per heavy atom. The Morgan fingerprint density at radius 1 is 1.35 bits per heavy atom. The Bertz CT molecular complexity index is 497. The number of nitriles is 1. The SMILES string of the molecule is Cc1ccc(N2CCCN(C(C)CO)CC2)nc1C#N. The van der Waals surface area contributed by atoms with Crippen LogP contribution in [0.4, 0.5) is 5.82 Å². The lowest BCUT2D eigenvalue weighted by Gasteiger charge is -2.26. The van der Waals surface area contributed by atoms with Crippen molar-refractivity contribution in [2.24, 2.45) is 0 Å². The van der Waals surface area contributed by atoms with Gasteiger partial charge in [-0.3, -0.25) is 4.90 Å². The van der Waals surface area contributed by atoms with Gasteiger partial charge < -0.3 is 10.0 Å². The maximum atomic E-state index is 9.26. The summed E-state index contributed by atoms with van der Waals surface area (Å²) in [5, 5.41) is 18.3. The third-order valence-electron chi connectivity index (χ3n) is 3.93. The highest BCUT2D eigenvalue weighted by Gasteiger charge is 2.19. The Labute approximate surface area is 120 Å². The van der Waals surface area contributed by atoms with Crippen molar-refractivity contribution in [3.05, 3.63) is 23.4 Å². The molecule has 0 bridgehead atoms. The lowest BCUT2D eigenvalue weighted by atomic mass is 10.2. The zero-order valence-electron chi connectivity index (χ0n) is 12.2. The van der Waals surface area contributed by atoms with Gasteiger partial charge in [0.15, 0.2) is 0 Å².